The summed E-state index contributed by atoms with van der Waals surface area (Å²) >= 11 is 0. The van der Waals surface area contributed by atoms with E-state index in [1.54, 1.807) is 12.0 Å². The zero-order chi connectivity index (χ0) is 25.2. The highest BCUT2D eigenvalue weighted by Crippen LogP contribution is 2.31. The summed E-state index contributed by atoms with van der Waals surface area (Å²) in [5, 5.41) is 1.23. The first-order valence-corrected chi connectivity index (χ1v) is 12.6. The molecule has 0 bridgehead atoms. The number of amides is 2. The molecule has 8 heteroatoms. The van der Waals surface area contributed by atoms with E-state index in [4.69, 9.17) is 14.2 Å². The number of fused-ring (bicyclic) bond motifs is 1. The van der Waals surface area contributed by atoms with Gasteiger partial charge < -0.3 is 28.6 Å². The molecule has 0 unspecified atom stereocenters. The van der Waals surface area contributed by atoms with Crippen molar-refractivity contribution in [2.75, 3.05) is 33.4 Å². The van der Waals surface area contributed by atoms with Gasteiger partial charge in [0.25, 0.3) is 5.91 Å². The molecule has 35 heavy (non-hydrogen) atoms. The molecule has 2 amide bonds. The Balaban J connectivity index is 1.47. The molecule has 1 aliphatic heterocycles. The van der Waals surface area contributed by atoms with E-state index < -0.39 is 17.8 Å². The molecule has 1 aromatic carbocycles. The maximum atomic E-state index is 13.6. The van der Waals surface area contributed by atoms with Crippen molar-refractivity contribution >= 4 is 22.9 Å². The average Bonchev–Trinajstić information content (AvgIpc) is 3.61. The lowest BCUT2D eigenvalue weighted by atomic mass is 10.1. The van der Waals surface area contributed by atoms with Crippen LogP contribution in [0.1, 0.15) is 51.2 Å². The summed E-state index contributed by atoms with van der Waals surface area (Å²) < 4.78 is 18.7. The van der Waals surface area contributed by atoms with Gasteiger partial charge in [-0.15, -0.1) is 0 Å². The number of ether oxygens (including phenoxy) is 3. The fourth-order valence-electron chi connectivity index (χ4n) is 4.67. The Morgan fingerprint density at radius 1 is 1.23 bits per heavy atom. The third-order valence-electron chi connectivity index (χ3n) is 6.55. The predicted octanol–water partition coefficient (Wildman–Crippen LogP) is 3.88. The third kappa shape index (κ3) is 6.35. The second-order valence-corrected chi connectivity index (χ2v) is 10.7. The van der Waals surface area contributed by atoms with Crippen LogP contribution in [0, 0.1) is 0 Å². The van der Waals surface area contributed by atoms with Crippen LogP contribution in [0.15, 0.2) is 24.4 Å². The summed E-state index contributed by atoms with van der Waals surface area (Å²) in [5.41, 5.74) is 3.02. The van der Waals surface area contributed by atoms with Gasteiger partial charge in [0.2, 0.25) is 0 Å². The zero-order valence-electron chi connectivity index (χ0n) is 21.7. The number of hydrogen-bond acceptors (Lipinski definition) is 5. The largest absolute Gasteiger partial charge is 0.444 e. The molecular weight excluding hydrogens is 446 g/mol. The molecule has 4 rings (SSSR count). The molecule has 1 aliphatic carbocycles. The van der Waals surface area contributed by atoms with E-state index >= 15 is 0 Å². The molecule has 1 saturated carbocycles. The second-order valence-electron chi connectivity index (χ2n) is 10.7. The van der Waals surface area contributed by atoms with Crippen molar-refractivity contribution in [3.05, 3.63) is 35.5 Å². The summed E-state index contributed by atoms with van der Waals surface area (Å²) in [6.45, 7) is 7.78. The summed E-state index contributed by atoms with van der Waals surface area (Å²) in [6, 6.07) is 6.70. The summed E-state index contributed by atoms with van der Waals surface area (Å²) in [4.78, 5) is 29.6. The Kier molecular flexibility index (Phi) is 7.71. The van der Waals surface area contributed by atoms with Crippen molar-refractivity contribution in [2.24, 2.45) is 7.05 Å². The van der Waals surface area contributed by atoms with E-state index in [2.05, 4.69) is 36.0 Å². The number of carbonyl (C=O) groups is 2. The van der Waals surface area contributed by atoms with Crippen molar-refractivity contribution in [3.63, 3.8) is 0 Å². The Bertz CT molecular complexity index is 1050. The number of methoxy groups -OCH3 is 1. The van der Waals surface area contributed by atoms with E-state index in [0.717, 1.165) is 37.9 Å². The van der Waals surface area contributed by atoms with E-state index in [-0.39, 0.29) is 18.5 Å². The maximum absolute atomic E-state index is 13.6. The number of nitrogens with zero attached hydrogens (tertiary/aromatic N) is 3. The Labute approximate surface area is 208 Å². The number of benzene rings is 1. The first kappa shape index (κ1) is 25.5. The zero-order valence-corrected chi connectivity index (χ0v) is 21.7. The average molecular weight is 486 g/mol. The van der Waals surface area contributed by atoms with Gasteiger partial charge in [-0.1, -0.05) is 6.07 Å². The molecule has 1 aromatic heterocycles. The van der Waals surface area contributed by atoms with Gasteiger partial charge in [-0.2, -0.15) is 0 Å². The fraction of sp³-hybridized carbons (Fsp3) is 0.630. The number of aromatic nitrogens is 1. The Morgan fingerprint density at radius 2 is 2.00 bits per heavy atom. The number of aryl methyl sites for hydroxylation is 2. The van der Waals surface area contributed by atoms with Gasteiger partial charge in [0.1, 0.15) is 5.60 Å². The lowest BCUT2D eigenvalue weighted by Crippen LogP contribution is -2.53. The van der Waals surface area contributed by atoms with Gasteiger partial charge in [0.05, 0.1) is 13.2 Å². The molecule has 0 radical (unpaired) electrons. The van der Waals surface area contributed by atoms with E-state index in [9.17, 15) is 9.59 Å². The molecule has 8 nitrogen and oxygen atoms in total. The number of carbonyl (C=O) groups excluding carboxylic acids is 2. The molecule has 2 heterocycles. The Hall–Kier alpha value is -2.58. The summed E-state index contributed by atoms with van der Waals surface area (Å²) in [7, 11) is 3.80. The monoisotopic (exact) mass is 485 g/mol. The normalized spacial score (nSPS) is 18.7. The minimum absolute atomic E-state index is 0.0470. The maximum Gasteiger partial charge on any atom is 0.410 e. The quantitative estimate of drug-likeness (QED) is 0.531. The smallest absolute Gasteiger partial charge is 0.410 e. The van der Waals surface area contributed by atoms with Crippen LogP contribution in [-0.4, -0.2) is 77.5 Å². The molecular formula is C27H39N3O5. The van der Waals surface area contributed by atoms with Gasteiger partial charge in [-0.05, 0) is 69.7 Å². The highest BCUT2D eigenvalue weighted by Gasteiger charge is 2.39. The molecule has 0 N–H and O–H groups in total. The third-order valence-corrected chi connectivity index (χ3v) is 6.55. The van der Waals surface area contributed by atoms with Gasteiger partial charge in [0.15, 0.2) is 6.10 Å². The highest BCUT2D eigenvalue weighted by molar-refractivity contribution is 5.85. The minimum atomic E-state index is -0.665. The predicted molar refractivity (Wildman–Crippen MR) is 134 cm³/mol. The molecule has 2 aliphatic rings. The van der Waals surface area contributed by atoms with Gasteiger partial charge in [-0.25, -0.2) is 4.79 Å². The first-order chi connectivity index (χ1) is 16.7. The molecule has 1 atom stereocenters. The standard InChI is InChI=1S/C27H39N3O5/c1-27(2,3)35-26(32)29-12-14-34-24(18-29)25(31)30(21-9-10-21)16-19-8-11-23-22(15-19)20(17-28(23)4)7-6-13-33-5/h8,11,15,17,21,24H,6-7,9-10,12-14,16,18H2,1-5H3/t24-/m1/s1. The van der Waals surface area contributed by atoms with Crippen molar-refractivity contribution in [3.8, 4) is 0 Å². The summed E-state index contributed by atoms with van der Waals surface area (Å²) in [5.74, 6) is -0.0470. The topological polar surface area (TPSA) is 73.2 Å². The molecule has 2 aromatic rings. The van der Waals surface area contributed by atoms with Crippen LogP contribution in [0.4, 0.5) is 4.79 Å². The van der Waals surface area contributed by atoms with Crippen molar-refractivity contribution in [1.29, 1.82) is 0 Å². The van der Waals surface area contributed by atoms with Crippen molar-refractivity contribution in [2.45, 2.75) is 70.7 Å². The highest BCUT2D eigenvalue weighted by atomic mass is 16.6. The van der Waals surface area contributed by atoms with E-state index in [1.165, 1.54) is 16.5 Å². The Morgan fingerprint density at radius 3 is 2.69 bits per heavy atom. The number of rotatable bonds is 8. The van der Waals surface area contributed by atoms with Gasteiger partial charge >= 0.3 is 6.09 Å². The molecule has 0 spiro atoms. The van der Waals surface area contributed by atoms with E-state index in [1.807, 2.05) is 25.7 Å². The fourth-order valence-corrected chi connectivity index (χ4v) is 4.67. The van der Waals surface area contributed by atoms with Crippen LogP contribution >= 0.6 is 0 Å². The number of morpholine rings is 1. The van der Waals surface area contributed by atoms with Crippen LogP contribution in [-0.2, 0) is 39.0 Å². The van der Waals surface area contributed by atoms with Crippen LogP contribution < -0.4 is 0 Å². The van der Waals surface area contributed by atoms with Crippen LogP contribution in [0.2, 0.25) is 0 Å². The minimum Gasteiger partial charge on any atom is -0.444 e. The molecule has 1 saturated heterocycles. The number of hydrogen-bond donors (Lipinski definition) is 0. The van der Waals surface area contributed by atoms with Crippen LogP contribution in [0.25, 0.3) is 10.9 Å². The first-order valence-electron chi connectivity index (χ1n) is 12.6. The van der Waals surface area contributed by atoms with E-state index in [0.29, 0.717) is 19.7 Å². The molecule has 192 valence electrons. The second kappa shape index (κ2) is 10.6. The van der Waals surface area contributed by atoms with Crippen LogP contribution in [0.3, 0.4) is 0 Å². The lowest BCUT2D eigenvalue weighted by Gasteiger charge is -2.36. The SMILES string of the molecule is COCCCc1cn(C)c2ccc(CN(C(=O)[C@H]3CN(C(=O)OC(C)(C)C)CCO3)C3CC3)cc12. The van der Waals surface area contributed by atoms with Crippen molar-refractivity contribution in [1.82, 2.24) is 14.4 Å². The van der Waals surface area contributed by atoms with Crippen LogP contribution in [0.5, 0.6) is 0 Å². The van der Waals surface area contributed by atoms with Gasteiger partial charge in [0, 0.05) is 57.0 Å². The lowest BCUT2D eigenvalue weighted by molar-refractivity contribution is -0.150. The van der Waals surface area contributed by atoms with Gasteiger partial charge in [-0.3, -0.25) is 4.79 Å². The summed E-state index contributed by atoms with van der Waals surface area (Å²) in [6.07, 6.45) is 5.06. The molecule has 2 fully saturated rings. The van der Waals surface area contributed by atoms with Crippen molar-refractivity contribution < 1.29 is 23.8 Å².